The number of nitrogens with zero attached hydrogens (tertiary/aromatic N) is 3. The second-order valence-corrected chi connectivity index (χ2v) is 5.94. The van der Waals surface area contributed by atoms with Crippen LogP contribution in [0.3, 0.4) is 0 Å². The fraction of sp³-hybridized carbons (Fsp3) is 0.200. The molecule has 132 valence electrons. The van der Waals surface area contributed by atoms with Crippen molar-refractivity contribution in [2.45, 2.75) is 12.8 Å². The smallest absolute Gasteiger partial charge is 0.248 e. The van der Waals surface area contributed by atoms with Gasteiger partial charge >= 0.3 is 0 Å². The van der Waals surface area contributed by atoms with Crippen LogP contribution < -0.4 is 5.32 Å². The van der Waals surface area contributed by atoms with Crippen molar-refractivity contribution in [3.05, 3.63) is 66.7 Å². The maximum Gasteiger partial charge on any atom is 0.248 e. The van der Waals surface area contributed by atoms with Crippen LogP contribution in [0.2, 0.25) is 0 Å². The summed E-state index contributed by atoms with van der Waals surface area (Å²) in [4.78, 5) is 25.5. The minimum Gasteiger partial charge on any atom is -0.339 e. The molecule has 3 rings (SSSR count). The molecule has 1 aliphatic rings. The Balaban J connectivity index is 1.52. The number of benzene rings is 2. The predicted octanol–water partition coefficient (Wildman–Crippen LogP) is 4.22. The van der Waals surface area contributed by atoms with Crippen LogP contribution in [-0.2, 0) is 9.59 Å². The van der Waals surface area contributed by atoms with E-state index in [1.165, 1.54) is 12.2 Å². The standard InChI is InChI=1S/C20H20N4O2/c25-19(12-13-20(26)24-14-4-5-15-24)21-16-8-10-18(11-9-16)23-22-17-6-2-1-3-7-17/h1-3,6-13H,4-5,14-15H2,(H,21,25). The first-order valence-electron chi connectivity index (χ1n) is 8.55. The molecule has 1 heterocycles. The van der Waals surface area contributed by atoms with Crippen LogP contribution in [0.4, 0.5) is 17.1 Å². The average molecular weight is 348 g/mol. The zero-order chi connectivity index (χ0) is 18.2. The molecule has 2 aromatic carbocycles. The maximum atomic E-state index is 11.9. The second kappa shape index (κ2) is 8.71. The molecule has 1 saturated heterocycles. The SMILES string of the molecule is O=C(C=CC(=O)N1CCCC1)Nc1ccc(N=Nc2ccccc2)cc1. The van der Waals surface area contributed by atoms with E-state index >= 15 is 0 Å². The molecule has 0 atom stereocenters. The van der Waals surface area contributed by atoms with Gasteiger partial charge in [-0.15, -0.1) is 0 Å². The third-order valence-corrected chi connectivity index (χ3v) is 3.97. The average Bonchev–Trinajstić information content (AvgIpc) is 3.21. The summed E-state index contributed by atoms with van der Waals surface area (Å²) >= 11 is 0. The van der Waals surface area contributed by atoms with Gasteiger partial charge in [-0.3, -0.25) is 9.59 Å². The van der Waals surface area contributed by atoms with Crippen molar-refractivity contribution in [1.29, 1.82) is 0 Å². The van der Waals surface area contributed by atoms with Gasteiger partial charge < -0.3 is 10.2 Å². The molecule has 0 aliphatic carbocycles. The summed E-state index contributed by atoms with van der Waals surface area (Å²) < 4.78 is 0. The first kappa shape index (κ1) is 17.5. The molecule has 2 amide bonds. The molecule has 0 radical (unpaired) electrons. The second-order valence-electron chi connectivity index (χ2n) is 5.94. The summed E-state index contributed by atoms with van der Waals surface area (Å²) in [6, 6.07) is 16.5. The van der Waals surface area contributed by atoms with Gasteiger partial charge in [0.05, 0.1) is 11.4 Å². The third-order valence-electron chi connectivity index (χ3n) is 3.97. The Morgan fingerprint density at radius 2 is 1.46 bits per heavy atom. The van der Waals surface area contributed by atoms with Crippen molar-refractivity contribution in [3.63, 3.8) is 0 Å². The summed E-state index contributed by atoms with van der Waals surface area (Å²) in [6.07, 6.45) is 4.65. The van der Waals surface area contributed by atoms with Crippen molar-refractivity contribution >= 4 is 28.9 Å². The van der Waals surface area contributed by atoms with E-state index in [1.807, 2.05) is 30.3 Å². The quantitative estimate of drug-likeness (QED) is 0.649. The Kier molecular flexibility index (Phi) is 5.88. The number of carbonyl (C=O) groups is 2. The Labute approximate surface area is 152 Å². The van der Waals surface area contributed by atoms with E-state index in [2.05, 4.69) is 15.5 Å². The molecular formula is C20H20N4O2. The summed E-state index contributed by atoms with van der Waals surface area (Å²) in [5.74, 6) is -0.453. The number of carbonyl (C=O) groups excluding carboxylic acids is 2. The molecule has 2 aromatic rings. The van der Waals surface area contributed by atoms with Crippen LogP contribution in [0, 0.1) is 0 Å². The largest absolute Gasteiger partial charge is 0.339 e. The van der Waals surface area contributed by atoms with Gasteiger partial charge in [-0.25, -0.2) is 0 Å². The number of nitrogens with one attached hydrogen (secondary N) is 1. The number of hydrogen-bond acceptors (Lipinski definition) is 4. The maximum absolute atomic E-state index is 11.9. The molecule has 0 spiro atoms. The highest BCUT2D eigenvalue weighted by Gasteiger charge is 2.15. The number of likely N-dealkylation sites (tertiary alicyclic amines) is 1. The number of anilines is 1. The molecule has 26 heavy (non-hydrogen) atoms. The van der Waals surface area contributed by atoms with Gasteiger partial charge in [0.1, 0.15) is 0 Å². The minimum atomic E-state index is -0.337. The Morgan fingerprint density at radius 1 is 0.846 bits per heavy atom. The molecule has 0 bridgehead atoms. The number of azo groups is 1. The number of hydrogen-bond donors (Lipinski definition) is 1. The van der Waals surface area contributed by atoms with E-state index in [9.17, 15) is 9.59 Å². The lowest BCUT2D eigenvalue weighted by Gasteiger charge is -2.11. The zero-order valence-corrected chi connectivity index (χ0v) is 14.3. The normalized spacial score (nSPS) is 14.2. The molecule has 0 saturated carbocycles. The van der Waals surface area contributed by atoms with Crippen molar-refractivity contribution < 1.29 is 9.59 Å². The van der Waals surface area contributed by atoms with E-state index in [4.69, 9.17) is 0 Å². The lowest BCUT2D eigenvalue weighted by molar-refractivity contribution is -0.125. The van der Waals surface area contributed by atoms with Crippen molar-refractivity contribution in [2.24, 2.45) is 10.2 Å². The van der Waals surface area contributed by atoms with Crippen LogP contribution in [0.1, 0.15) is 12.8 Å². The molecule has 0 aromatic heterocycles. The fourth-order valence-electron chi connectivity index (χ4n) is 2.60. The Bertz CT molecular complexity index is 807. The Morgan fingerprint density at radius 3 is 2.12 bits per heavy atom. The molecule has 6 nitrogen and oxygen atoms in total. The van der Waals surface area contributed by atoms with Crippen LogP contribution in [0.5, 0.6) is 0 Å². The van der Waals surface area contributed by atoms with E-state index in [1.54, 1.807) is 29.2 Å². The fourth-order valence-corrected chi connectivity index (χ4v) is 2.60. The van der Waals surface area contributed by atoms with Crippen LogP contribution in [0.15, 0.2) is 77.0 Å². The summed E-state index contributed by atoms with van der Waals surface area (Å²) in [6.45, 7) is 1.54. The molecule has 1 fully saturated rings. The first-order chi connectivity index (χ1) is 12.7. The lowest BCUT2D eigenvalue weighted by Crippen LogP contribution is -2.25. The van der Waals surface area contributed by atoms with Crippen molar-refractivity contribution in [3.8, 4) is 0 Å². The van der Waals surface area contributed by atoms with Gasteiger partial charge in [0.15, 0.2) is 0 Å². The predicted molar refractivity (Wildman–Crippen MR) is 101 cm³/mol. The summed E-state index contributed by atoms with van der Waals surface area (Å²) in [5.41, 5.74) is 2.09. The van der Waals surface area contributed by atoms with Crippen LogP contribution in [-0.4, -0.2) is 29.8 Å². The molecular weight excluding hydrogens is 328 g/mol. The lowest BCUT2D eigenvalue weighted by atomic mass is 10.3. The van der Waals surface area contributed by atoms with Gasteiger partial charge in [0.2, 0.25) is 11.8 Å². The van der Waals surface area contributed by atoms with Gasteiger partial charge in [-0.1, -0.05) is 18.2 Å². The number of rotatable bonds is 5. The van der Waals surface area contributed by atoms with Crippen LogP contribution >= 0.6 is 0 Å². The molecule has 6 heteroatoms. The van der Waals surface area contributed by atoms with E-state index in [0.29, 0.717) is 11.4 Å². The minimum absolute atomic E-state index is 0.116. The molecule has 1 aliphatic heterocycles. The zero-order valence-electron chi connectivity index (χ0n) is 14.3. The van der Waals surface area contributed by atoms with Gasteiger partial charge in [0.25, 0.3) is 0 Å². The molecule has 1 N–H and O–H groups in total. The molecule has 0 unspecified atom stereocenters. The highest BCUT2D eigenvalue weighted by Crippen LogP contribution is 2.20. The summed E-state index contributed by atoms with van der Waals surface area (Å²) in [5, 5.41) is 11.0. The Hall–Kier alpha value is -3.28. The van der Waals surface area contributed by atoms with Gasteiger partial charge in [-0.2, -0.15) is 10.2 Å². The van der Waals surface area contributed by atoms with E-state index in [-0.39, 0.29) is 11.8 Å². The summed E-state index contributed by atoms with van der Waals surface area (Å²) in [7, 11) is 0. The van der Waals surface area contributed by atoms with Gasteiger partial charge in [0, 0.05) is 30.9 Å². The van der Waals surface area contributed by atoms with Gasteiger partial charge in [-0.05, 0) is 49.2 Å². The monoisotopic (exact) mass is 348 g/mol. The topological polar surface area (TPSA) is 74.1 Å². The van der Waals surface area contributed by atoms with Crippen molar-refractivity contribution in [2.75, 3.05) is 18.4 Å². The third kappa shape index (κ3) is 5.11. The van der Waals surface area contributed by atoms with E-state index in [0.717, 1.165) is 31.6 Å². The number of amides is 2. The van der Waals surface area contributed by atoms with Crippen LogP contribution in [0.25, 0.3) is 0 Å². The van der Waals surface area contributed by atoms with Crippen molar-refractivity contribution in [1.82, 2.24) is 4.90 Å². The highest BCUT2D eigenvalue weighted by molar-refractivity contribution is 6.03. The van der Waals surface area contributed by atoms with E-state index < -0.39 is 0 Å². The first-order valence-corrected chi connectivity index (χ1v) is 8.55. The highest BCUT2D eigenvalue weighted by atomic mass is 16.2.